The lowest BCUT2D eigenvalue weighted by Crippen LogP contribution is -2.05. The molecule has 2 nitrogen and oxygen atoms in total. The van der Waals surface area contributed by atoms with Crippen LogP contribution in [-0.2, 0) is 6.54 Å². The van der Waals surface area contributed by atoms with Crippen LogP contribution in [0.4, 0.5) is 0 Å². The number of hydrogen-bond acceptors (Lipinski definition) is 1. The van der Waals surface area contributed by atoms with Crippen molar-refractivity contribution in [1.82, 2.24) is 9.55 Å². The van der Waals surface area contributed by atoms with Gasteiger partial charge in [0.2, 0.25) is 0 Å². The second-order valence-corrected chi connectivity index (χ2v) is 14.2. The minimum atomic E-state index is 0.915. The highest BCUT2D eigenvalue weighted by Crippen LogP contribution is 2.25. The first-order valence-corrected chi connectivity index (χ1v) is 19.6. The van der Waals surface area contributed by atoms with Crippen molar-refractivity contribution in [1.29, 1.82) is 0 Å². The van der Waals surface area contributed by atoms with Crippen molar-refractivity contribution in [2.75, 3.05) is 0 Å². The minimum Gasteiger partial charge on any atom is -0.332 e. The van der Waals surface area contributed by atoms with Crippen molar-refractivity contribution in [3.63, 3.8) is 0 Å². The summed E-state index contributed by atoms with van der Waals surface area (Å²) in [7, 11) is 0. The van der Waals surface area contributed by atoms with Gasteiger partial charge in [-0.25, -0.2) is 4.98 Å². The molecular formula is C39H69BrN2. The van der Waals surface area contributed by atoms with Crippen LogP contribution in [-0.4, -0.2) is 9.55 Å². The van der Waals surface area contributed by atoms with Crippen molar-refractivity contribution in [2.24, 2.45) is 5.92 Å². The van der Waals surface area contributed by atoms with Gasteiger partial charge in [-0.05, 0) is 52.9 Å². The van der Waals surface area contributed by atoms with Gasteiger partial charge in [-0.3, -0.25) is 0 Å². The van der Waals surface area contributed by atoms with E-state index in [-0.39, 0.29) is 0 Å². The van der Waals surface area contributed by atoms with Crippen LogP contribution >= 0.6 is 15.9 Å². The molecule has 0 aromatic carbocycles. The number of nitrogens with zero attached hydrogens (tertiary/aromatic N) is 2. The Balaban J connectivity index is 1.60. The maximum atomic E-state index is 4.74. The van der Waals surface area contributed by atoms with E-state index in [0.29, 0.717) is 0 Å². The van der Waals surface area contributed by atoms with E-state index in [2.05, 4.69) is 52.7 Å². The predicted molar refractivity (Wildman–Crippen MR) is 192 cm³/mol. The second-order valence-electron chi connectivity index (χ2n) is 13.4. The minimum absolute atomic E-state index is 0.915. The van der Waals surface area contributed by atoms with E-state index >= 15 is 0 Å². The Hall–Kier alpha value is -0.830. The molecule has 0 fully saturated rings. The van der Waals surface area contributed by atoms with Crippen LogP contribution in [0.5, 0.6) is 0 Å². The average molecular weight is 646 g/mol. The molecule has 2 aromatic rings. The summed E-state index contributed by atoms with van der Waals surface area (Å²) in [6.45, 7) is 5.72. The van der Waals surface area contributed by atoms with E-state index < -0.39 is 0 Å². The Morgan fingerprint density at radius 3 is 1.38 bits per heavy atom. The fraction of sp³-hybridized carbons (Fsp3) is 0.821. The molecule has 42 heavy (non-hydrogen) atoms. The van der Waals surface area contributed by atoms with Crippen LogP contribution < -0.4 is 0 Å². The molecule has 0 saturated carbocycles. The number of pyridine rings is 1. The summed E-state index contributed by atoms with van der Waals surface area (Å²) in [5.74, 6) is 0.915. The smallest absolute Gasteiger partial charge is 0.141 e. The predicted octanol–water partition coefficient (Wildman–Crippen LogP) is 14.4. The molecule has 0 atom stereocenters. The highest BCUT2D eigenvalue weighted by atomic mass is 79.9. The zero-order valence-electron chi connectivity index (χ0n) is 28.2. The molecule has 2 rings (SSSR count). The Morgan fingerprint density at radius 1 is 0.524 bits per heavy atom. The Kier molecular flexibility index (Phi) is 23.6. The van der Waals surface area contributed by atoms with Crippen LogP contribution in [0.2, 0.25) is 0 Å². The van der Waals surface area contributed by atoms with E-state index in [9.17, 15) is 0 Å². The highest BCUT2D eigenvalue weighted by molar-refractivity contribution is 9.10. The van der Waals surface area contributed by atoms with Gasteiger partial charge in [0.05, 0.1) is 0 Å². The summed E-state index contributed by atoms with van der Waals surface area (Å²) < 4.78 is 3.30. The molecule has 0 spiro atoms. The maximum Gasteiger partial charge on any atom is 0.141 e. The van der Waals surface area contributed by atoms with Crippen molar-refractivity contribution in [2.45, 2.75) is 200 Å². The van der Waals surface area contributed by atoms with E-state index in [1.54, 1.807) is 0 Å². The first-order valence-electron chi connectivity index (χ1n) is 18.9. The van der Waals surface area contributed by atoms with Gasteiger partial charge in [-0.15, -0.1) is 0 Å². The summed E-state index contributed by atoms with van der Waals surface area (Å²) in [4.78, 5) is 4.74. The average Bonchev–Trinajstić information content (AvgIpc) is 3.39. The summed E-state index contributed by atoms with van der Waals surface area (Å²) in [5.41, 5.74) is 1.13. The van der Waals surface area contributed by atoms with Gasteiger partial charge in [-0.2, -0.15) is 0 Å². The van der Waals surface area contributed by atoms with Gasteiger partial charge in [0, 0.05) is 18.1 Å². The second kappa shape index (κ2) is 26.6. The number of unbranched alkanes of at least 4 members (excludes halogenated alkanes) is 22. The summed E-state index contributed by atoms with van der Waals surface area (Å²) in [6, 6.07) is 6.43. The third kappa shape index (κ3) is 18.7. The topological polar surface area (TPSA) is 17.8 Å². The molecule has 0 unspecified atom stereocenters. The molecule has 2 heterocycles. The SMILES string of the molecule is CCCCCCCCCCCCCCC(CCCCCCCCCCCCCC)CCCn1ccc2ccc(Br)nc21. The summed E-state index contributed by atoms with van der Waals surface area (Å²) in [6.07, 6.45) is 42.5. The van der Waals surface area contributed by atoms with Crippen LogP contribution in [0.1, 0.15) is 194 Å². The summed E-state index contributed by atoms with van der Waals surface area (Å²) >= 11 is 3.56. The van der Waals surface area contributed by atoms with E-state index in [1.807, 2.05) is 6.07 Å². The van der Waals surface area contributed by atoms with E-state index in [0.717, 1.165) is 22.7 Å². The van der Waals surface area contributed by atoms with Gasteiger partial charge < -0.3 is 4.57 Å². The normalized spacial score (nSPS) is 11.8. The van der Waals surface area contributed by atoms with Gasteiger partial charge in [0.1, 0.15) is 10.3 Å². The zero-order valence-corrected chi connectivity index (χ0v) is 29.8. The maximum absolute atomic E-state index is 4.74. The highest BCUT2D eigenvalue weighted by Gasteiger charge is 2.10. The molecule has 0 radical (unpaired) electrons. The van der Waals surface area contributed by atoms with E-state index in [4.69, 9.17) is 4.98 Å². The monoisotopic (exact) mass is 644 g/mol. The molecule has 0 aliphatic heterocycles. The molecule has 3 heteroatoms. The lowest BCUT2D eigenvalue weighted by Gasteiger charge is -2.17. The van der Waals surface area contributed by atoms with Crippen LogP contribution in [0.3, 0.4) is 0 Å². The van der Waals surface area contributed by atoms with Crippen molar-refractivity contribution >= 4 is 27.0 Å². The van der Waals surface area contributed by atoms with Gasteiger partial charge in [-0.1, -0.05) is 181 Å². The molecule has 242 valence electrons. The Morgan fingerprint density at radius 2 is 0.929 bits per heavy atom. The number of rotatable bonds is 30. The molecule has 0 saturated heterocycles. The standard InChI is InChI=1S/C39H69BrN2/c1-3-5-7-9-11-13-15-17-19-21-23-25-28-36(29-26-24-22-20-18-16-14-12-10-8-6-4-2)30-27-34-42-35-33-37-31-32-38(40)41-39(37)42/h31-33,35-36H,3-30,34H2,1-2H3. The third-order valence-corrected chi connectivity index (χ3v) is 9.96. The lowest BCUT2D eigenvalue weighted by molar-refractivity contribution is 0.364. The zero-order chi connectivity index (χ0) is 29.9. The third-order valence-electron chi connectivity index (χ3n) is 9.52. The lowest BCUT2D eigenvalue weighted by atomic mass is 9.90. The van der Waals surface area contributed by atoms with E-state index in [1.165, 1.54) is 185 Å². The molecule has 0 N–H and O–H groups in total. The summed E-state index contributed by atoms with van der Waals surface area (Å²) in [5, 5.41) is 1.25. The van der Waals surface area contributed by atoms with Crippen LogP contribution in [0.25, 0.3) is 11.0 Å². The van der Waals surface area contributed by atoms with Crippen LogP contribution in [0, 0.1) is 5.92 Å². The van der Waals surface area contributed by atoms with Crippen LogP contribution in [0.15, 0.2) is 29.0 Å². The number of aromatic nitrogens is 2. The quantitative estimate of drug-likeness (QED) is 0.0611. The molecule has 0 aliphatic carbocycles. The van der Waals surface area contributed by atoms with Crippen molar-refractivity contribution in [3.8, 4) is 0 Å². The fourth-order valence-corrected chi connectivity index (χ4v) is 7.05. The first kappa shape index (κ1) is 37.4. The molecule has 0 amide bonds. The molecule has 2 aromatic heterocycles. The molecule has 0 aliphatic rings. The number of aryl methyl sites for hydroxylation is 1. The molecular weight excluding hydrogens is 576 g/mol. The number of hydrogen-bond donors (Lipinski definition) is 0. The molecule has 0 bridgehead atoms. The number of halogens is 1. The van der Waals surface area contributed by atoms with Crippen molar-refractivity contribution < 1.29 is 0 Å². The van der Waals surface area contributed by atoms with Gasteiger partial charge in [0.15, 0.2) is 0 Å². The van der Waals surface area contributed by atoms with Crippen molar-refractivity contribution in [3.05, 3.63) is 29.0 Å². The fourth-order valence-electron chi connectivity index (χ4n) is 6.75. The Labute approximate surface area is 270 Å². The number of fused-ring (bicyclic) bond motifs is 1. The van der Waals surface area contributed by atoms with Gasteiger partial charge in [0.25, 0.3) is 0 Å². The first-order chi connectivity index (χ1) is 20.7. The largest absolute Gasteiger partial charge is 0.332 e. The van der Waals surface area contributed by atoms with Gasteiger partial charge >= 0.3 is 0 Å². The Bertz CT molecular complexity index is 831.